The van der Waals surface area contributed by atoms with Crippen LogP contribution in [0.4, 0.5) is 4.79 Å². The maximum Gasteiger partial charge on any atom is 0.427 e. The second-order valence-corrected chi connectivity index (χ2v) is 4.10. The highest BCUT2D eigenvalue weighted by Crippen LogP contribution is 2.20. The Labute approximate surface area is 122 Å². The Bertz CT molecular complexity index is 554. The molecule has 0 heterocycles. The fraction of sp³-hybridized carbons (Fsp3) is 0.357. The molecule has 0 aromatic heterocycles. The van der Waals surface area contributed by atoms with E-state index in [9.17, 15) is 14.7 Å². The van der Waals surface area contributed by atoms with Crippen molar-refractivity contribution >= 4 is 17.8 Å². The molecule has 0 spiro atoms. The van der Waals surface area contributed by atoms with Crippen LogP contribution in [0.2, 0.25) is 0 Å². The number of rotatable bonds is 6. The number of hydrogen-bond acceptors (Lipinski definition) is 6. The van der Waals surface area contributed by atoms with Crippen molar-refractivity contribution in [3.63, 3.8) is 0 Å². The van der Waals surface area contributed by atoms with Crippen LogP contribution in [0.25, 0.3) is 0 Å². The Morgan fingerprint density at radius 1 is 1.38 bits per heavy atom. The van der Waals surface area contributed by atoms with Gasteiger partial charge >= 0.3 is 6.09 Å². The van der Waals surface area contributed by atoms with Crippen LogP contribution in [0.5, 0.6) is 5.75 Å². The number of hydrogen-bond donors (Lipinski definition) is 1. The van der Waals surface area contributed by atoms with Crippen molar-refractivity contribution in [2.24, 2.45) is 5.10 Å². The fourth-order valence-electron chi connectivity index (χ4n) is 1.65. The van der Waals surface area contributed by atoms with Crippen molar-refractivity contribution in [2.75, 3.05) is 13.7 Å². The lowest BCUT2D eigenvalue weighted by Gasteiger charge is -2.11. The van der Waals surface area contributed by atoms with E-state index in [1.165, 1.54) is 7.11 Å². The van der Waals surface area contributed by atoms with Gasteiger partial charge < -0.3 is 19.4 Å². The molecule has 7 nitrogen and oxygen atoms in total. The third-order valence-electron chi connectivity index (χ3n) is 2.62. The van der Waals surface area contributed by atoms with Crippen molar-refractivity contribution in [3.05, 3.63) is 29.3 Å². The molecule has 0 saturated heterocycles. The molecule has 0 aliphatic carbocycles. The van der Waals surface area contributed by atoms with Crippen LogP contribution < -0.4 is 15.3 Å². The third kappa shape index (κ3) is 5.13. The van der Waals surface area contributed by atoms with E-state index in [4.69, 9.17) is 4.74 Å². The average molecular weight is 293 g/mol. The normalized spacial score (nSPS) is 10.9. The fourth-order valence-corrected chi connectivity index (χ4v) is 1.65. The maximum absolute atomic E-state index is 11.1. The van der Waals surface area contributed by atoms with E-state index in [2.05, 4.69) is 15.3 Å². The minimum absolute atomic E-state index is 0.249. The summed E-state index contributed by atoms with van der Waals surface area (Å²) in [7, 11) is 1.46. The number of amides is 1. The number of carboxylic acid groups (broad SMARTS) is 1. The molecule has 1 aromatic carbocycles. The van der Waals surface area contributed by atoms with Crippen molar-refractivity contribution in [2.45, 2.75) is 20.3 Å². The van der Waals surface area contributed by atoms with Gasteiger partial charge in [-0.25, -0.2) is 10.2 Å². The lowest BCUT2D eigenvalue weighted by atomic mass is 10.0. The number of nitrogens with zero attached hydrogens (tertiary/aromatic N) is 1. The van der Waals surface area contributed by atoms with E-state index < -0.39 is 12.1 Å². The van der Waals surface area contributed by atoms with Gasteiger partial charge in [0, 0.05) is 18.0 Å². The molecule has 0 aliphatic heterocycles. The predicted molar refractivity (Wildman–Crippen MR) is 74.1 cm³/mol. The third-order valence-corrected chi connectivity index (χ3v) is 2.62. The molecule has 1 N–H and O–H groups in total. The summed E-state index contributed by atoms with van der Waals surface area (Å²) in [5, 5.41) is 14.6. The highest BCUT2D eigenvalue weighted by Gasteiger charge is 2.07. The zero-order chi connectivity index (χ0) is 15.8. The van der Waals surface area contributed by atoms with Gasteiger partial charge in [0.1, 0.15) is 5.75 Å². The Kier molecular flexibility index (Phi) is 6.19. The summed E-state index contributed by atoms with van der Waals surface area (Å²) in [6.07, 6.45) is -0.921. The number of methoxy groups -OCH3 is 1. The zero-order valence-electron chi connectivity index (χ0n) is 12.1. The molecule has 21 heavy (non-hydrogen) atoms. The first-order valence-electron chi connectivity index (χ1n) is 6.32. The Balaban J connectivity index is 2.94. The van der Waals surface area contributed by atoms with Crippen LogP contribution in [0.15, 0.2) is 23.3 Å². The standard InChI is InChI=1S/C14H18N2O5/c1-4-21-14(19)16-15-9(2)10-5-6-12(20-3)11(7-10)8-13(17)18/h5-7H,4,8H2,1-3H3,(H,16,19)(H,17,18)/p-1/b15-9-. The van der Waals surface area contributed by atoms with Gasteiger partial charge in [-0.05, 0) is 37.6 Å². The molecule has 0 bridgehead atoms. The first-order chi connectivity index (χ1) is 9.97. The van der Waals surface area contributed by atoms with E-state index in [1.54, 1.807) is 32.0 Å². The first-order valence-corrected chi connectivity index (χ1v) is 6.32. The summed E-state index contributed by atoms with van der Waals surface area (Å²) in [6, 6.07) is 4.97. The van der Waals surface area contributed by atoms with Crippen LogP contribution in [0.3, 0.4) is 0 Å². The Morgan fingerprint density at radius 3 is 2.67 bits per heavy atom. The van der Waals surface area contributed by atoms with Crippen LogP contribution in [-0.2, 0) is 16.0 Å². The minimum atomic E-state index is -1.20. The highest BCUT2D eigenvalue weighted by molar-refractivity contribution is 5.99. The van der Waals surface area contributed by atoms with Crippen molar-refractivity contribution < 1.29 is 24.2 Å². The van der Waals surface area contributed by atoms with Crippen molar-refractivity contribution in [1.29, 1.82) is 0 Å². The molecular weight excluding hydrogens is 276 g/mol. The number of ether oxygens (including phenoxy) is 2. The largest absolute Gasteiger partial charge is 0.550 e. The van der Waals surface area contributed by atoms with E-state index in [1.807, 2.05) is 0 Å². The molecule has 1 rings (SSSR count). The molecule has 0 aliphatic rings. The van der Waals surface area contributed by atoms with Gasteiger partial charge in [0.05, 0.1) is 19.4 Å². The van der Waals surface area contributed by atoms with Gasteiger partial charge in [0.25, 0.3) is 0 Å². The van der Waals surface area contributed by atoms with Gasteiger partial charge in [0.15, 0.2) is 0 Å². The number of nitrogens with one attached hydrogen (secondary N) is 1. The van der Waals surface area contributed by atoms with E-state index >= 15 is 0 Å². The van der Waals surface area contributed by atoms with Gasteiger partial charge in [-0.15, -0.1) is 0 Å². The van der Waals surface area contributed by atoms with Gasteiger partial charge in [-0.1, -0.05) is 0 Å². The topological polar surface area (TPSA) is 100 Å². The number of aliphatic carboxylic acids is 1. The molecule has 1 aromatic rings. The monoisotopic (exact) mass is 293 g/mol. The number of benzene rings is 1. The van der Waals surface area contributed by atoms with Gasteiger partial charge in [-0.2, -0.15) is 5.10 Å². The zero-order valence-corrected chi connectivity index (χ0v) is 12.1. The molecule has 0 unspecified atom stereocenters. The minimum Gasteiger partial charge on any atom is -0.550 e. The highest BCUT2D eigenvalue weighted by atomic mass is 16.5. The van der Waals surface area contributed by atoms with E-state index in [0.717, 1.165) is 0 Å². The van der Waals surface area contributed by atoms with Crippen LogP contribution in [0.1, 0.15) is 25.0 Å². The molecular formula is C14H17N2O5-. The molecule has 114 valence electrons. The van der Waals surface area contributed by atoms with Crippen molar-refractivity contribution in [1.82, 2.24) is 5.43 Å². The molecule has 0 atom stereocenters. The van der Waals surface area contributed by atoms with Crippen LogP contribution >= 0.6 is 0 Å². The van der Waals surface area contributed by atoms with Crippen molar-refractivity contribution in [3.8, 4) is 5.75 Å². The molecule has 7 heteroatoms. The predicted octanol–water partition coefficient (Wildman–Crippen LogP) is 0.458. The summed E-state index contributed by atoms with van der Waals surface area (Å²) < 4.78 is 9.77. The van der Waals surface area contributed by atoms with Gasteiger partial charge in [0.2, 0.25) is 0 Å². The number of carbonyl (C=O) groups excluding carboxylic acids is 2. The number of carbonyl (C=O) groups is 2. The lowest BCUT2D eigenvalue weighted by molar-refractivity contribution is -0.304. The summed E-state index contributed by atoms with van der Waals surface area (Å²) in [5.74, 6) is -0.751. The Hall–Kier alpha value is -2.57. The maximum atomic E-state index is 11.1. The second kappa shape index (κ2) is 7.88. The molecule has 0 radical (unpaired) electrons. The smallest absolute Gasteiger partial charge is 0.427 e. The SMILES string of the molecule is CCOC(=O)N/N=C(/C)c1ccc(OC)c(CC(=O)[O-])c1. The second-order valence-electron chi connectivity index (χ2n) is 4.10. The molecule has 0 fully saturated rings. The average Bonchev–Trinajstić information content (AvgIpc) is 2.44. The summed E-state index contributed by atoms with van der Waals surface area (Å²) in [6.45, 7) is 3.61. The van der Waals surface area contributed by atoms with E-state index in [-0.39, 0.29) is 13.0 Å². The van der Waals surface area contributed by atoms with E-state index in [0.29, 0.717) is 22.6 Å². The summed E-state index contributed by atoms with van der Waals surface area (Å²) >= 11 is 0. The first kappa shape index (κ1) is 16.5. The summed E-state index contributed by atoms with van der Waals surface area (Å²) in [4.78, 5) is 21.9. The van der Waals surface area contributed by atoms with Crippen LogP contribution in [0, 0.1) is 0 Å². The molecule has 0 saturated carbocycles. The molecule has 1 amide bonds. The van der Waals surface area contributed by atoms with Gasteiger partial charge in [-0.3, -0.25) is 0 Å². The van der Waals surface area contributed by atoms with Crippen LogP contribution in [-0.4, -0.2) is 31.5 Å². The Morgan fingerprint density at radius 2 is 2.10 bits per heavy atom. The number of hydrazone groups is 1. The summed E-state index contributed by atoms with van der Waals surface area (Å²) in [5.41, 5.74) is 3.87. The number of carboxylic acids is 1. The lowest BCUT2D eigenvalue weighted by Crippen LogP contribution is -2.24. The quantitative estimate of drug-likeness (QED) is 0.606.